The predicted octanol–water partition coefficient (Wildman–Crippen LogP) is 4.34. The van der Waals surface area contributed by atoms with Crippen molar-refractivity contribution in [2.45, 2.75) is 52.2 Å². The molecule has 0 aliphatic carbocycles. The van der Waals surface area contributed by atoms with Crippen LogP contribution in [0.3, 0.4) is 0 Å². The zero-order chi connectivity index (χ0) is 29.8. The number of hydrogen-bond donors (Lipinski definition) is 2. The predicted molar refractivity (Wildman–Crippen MR) is 156 cm³/mol. The summed E-state index contributed by atoms with van der Waals surface area (Å²) in [5.74, 6) is -1.04. The Morgan fingerprint density at radius 1 is 1.02 bits per heavy atom. The molecule has 2 saturated heterocycles. The number of pyridine rings is 2. The van der Waals surface area contributed by atoms with Crippen LogP contribution in [-0.2, 0) is 4.79 Å². The summed E-state index contributed by atoms with van der Waals surface area (Å²) in [7, 11) is 0. The molecule has 3 amide bonds. The van der Waals surface area contributed by atoms with E-state index in [0.29, 0.717) is 47.8 Å². The van der Waals surface area contributed by atoms with Gasteiger partial charge in [-0.15, -0.1) is 0 Å². The van der Waals surface area contributed by atoms with Crippen LogP contribution in [0, 0.1) is 18.2 Å². The van der Waals surface area contributed by atoms with Gasteiger partial charge in [0.1, 0.15) is 23.2 Å². The Balaban J connectivity index is 1.13. The van der Waals surface area contributed by atoms with E-state index in [4.69, 9.17) is 0 Å². The van der Waals surface area contributed by atoms with Gasteiger partial charge in [-0.2, -0.15) is 0 Å². The van der Waals surface area contributed by atoms with Crippen LogP contribution in [0.25, 0.3) is 22.2 Å². The molecule has 0 radical (unpaired) electrons. The molecule has 10 heteroatoms. The van der Waals surface area contributed by atoms with Crippen LogP contribution in [0.15, 0.2) is 60.8 Å². The van der Waals surface area contributed by atoms with Gasteiger partial charge in [0, 0.05) is 35.8 Å². The quantitative estimate of drug-likeness (QED) is 0.372. The van der Waals surface area contributed by atoms with E-state index in [1.54, 1.807) is 42.3 Å². The van der Waals surface area contributed by atoms with Gasteiger partial charge in [0.25, 0.3) is 11.8 Å². The number of amides is 3. The van der Waals surface area contributed by atoms with E-state index in [2.05, 4.69) is 20.3 Å². The van der Waals surface area contributed by atoms with Crippen LogP contribution >= 0.6 is 0 Å². The molecule has 4 aromatic rings. The van der Waals surface area contributed by atoms with Crippen molar-refractivity contribution in [3.05, 3.63) is 83.7 Å². The first-order valence-electron chi connectivity index (χ1n) is 14.1. The first kappa shape index (κ1) is 27.6. The second-order valence-electron chi connectivity index (χ2n) is 12.2. The maximum Gasteiger partial charge on any atom is 0.272 e. The van der Waals surface area contributed by atoms with Gasteiger partial charge in [-0.1, -0.05) is 39.0 Å². The summed E-state index contributed by atoms with van der Waals surface area (Å²) in [5, 5.41) is 3.90. The zero-order valence-electron chi connectivity index (χ0n) is 24.0. The number of nitrogens with zero attached hydrogens (tertiary/aromatic N) is 4. The maximum absolute atomic E-state index is 13.8. The molecule has 5 heterocycles. The average Bonchev–Trinajstić information content (AvgIpc) is 3.70. The molecule has 0 saturated carbocycles. The summed E-state index contributed by atoms with van der Waals surface area (Å²) in [4.78, 5) is 55.8. The number of carbonyl (C=O) groups excluding carboxylic acids is 3. The number of rotatable bonds is 5. The van der Waals surface area contributed by atoms with E-state index in [-0.39, 0.29) is 35.6 Å². The monoisotopic (exact) mass is 568 g/mol. The minimum atomic E-state index is -0.738. The minimum Gasteiger partial charge on any atom is -0.351 e. The van der Waals surface area contributed by atoms with Crippen LogP contribution in [0.5, 0.6) is 0 Å². The average molecular weight is 569 g/mol. The van der Waals surface area contributed by atoms with Crippen molar-refractivity contribution in [1.82, 2.24) is 30.1 Å². The summed E-state index contributed by atoms with van der Waals surface area (Å²) in [6, 6.07) is 14.8. The molecule has 1 aromatic carbocycles. The van der Waals surface area contributed by atoms with Crippen molar-refractivity contribution in [2.24, 2.45) is 5.41 Å². The molecule has 3 unspecified atom stereocenters. The van der Waals surface area contributed by atoms with Crippen LogP contribution in [0.4, 0.5) is 4.39 Å². The smallest absolute Gasteiger partial charge is 0.272 e. The standard InChI is InChI=1S/C32H33FN6O3/c1-18-23(33)10-12-25(35-18)20-9-11-26(34-15-20)30(41)38-16-22-14-21(38)17-39(22)31(42)28(32(2,3)4)37-29(40)27-13-19-7-5-6-8-24(19)36-27/h5-13,15,21-22,28,36H,14,16-17H2,1-4H3,(H,37,40). The topological polar surface area (TPSA) is 111 Å². The summed E-state index contributed by atoms with van der Waals surface area (Å²) in [6.07, 6.45) is 2.25. The maximum atomic E-state index is 13.8. The van der Waals surface area contributed by atoms with Gasteiger partial charge >= 0.3 is 0 Å². The van der Waals surface area contributed by atoms with Gasteiger partial charge in [0.15, 0.2) is 0 Å². The molecular weight excluding hydrogens is 535 g/mol. The lowest BCUT2D eigenvalue weighted by atomic mass is 9.85. The number of carbonyl (C=O) groups is 3. The van der Waals surface area contributed by atoms with Crippen molar-refractivity contribution in [1.29, 1.82) is 0 Å². The fourth-order valence-corrected chi connectivity index (χ4v) is 5.93. The largest absolute Gasteiger partial charge is 0.351 e. The summed E-state index contributed by atoms with van der Waals surface area (Å²) in [5.41, 5.74) is 2.61. The Morgan fingerprint density at radius 3 is 2.40 bits per heavy atom. The lowest BCUT2D eigenvalue weighted by Gasteiger charge is -2.39. The fraction of sp³-hybridized carbons (Fsp3) is 0.344. The van der Waals surface area contributed by atoms with E-state index in [1.165, 1.54) is 6.07 Å². The number of para-hydroxylation sites is 1. The third-order valence-corrected chi connectivity index (χ3v) is 8.25. The number of aromatic nitrogens is 3. The number of fused-ring (bicyclic) bond motifs is 3. The van der Waals surface area contributed by atoms with Crippen molar-refractivity contribution >= 4 is 28.6 Å². The molecule has 2 N–H and O–H groups in total. The molecule has 42 heavy (non-hydrogen) atoms. The normalized spacial score (nSPS) is 18.9. The first-order chi connectivity index (χ1) is 20.0. The zero-order valence-corrected chi connectivity index (χ0v) is 24.0. The highest BCUT2D eigenvalue weighted by atomic mass is 19.1. The van der Waals surface area contributed by atoms with Crippen molar-refractivity contribution < 1.29 is 18.8 Å². The number of piperazine rings is 1. The number of aryl methyl sites for hydroxylation is 1. The van der Waals surface area contributed by atoms with Crippen LogP contribution in [-0.4, -0.2) is 73.7 Å². The summed E-state index contributed by atoms with van der Waals surface area (Å²) in [6.45, 7) is 8.21. The Bertz CT molecular complexity index is 1660. The van der Waals surface area contributed by atoms with E-state index in [9.17, 15) is 18.8 Å². The van der Waals surface area contributed by atoms with E-state index >= 15 is 0 Å². The molecular formula is C32H33FN6O3. The number of likely N-dealkylation sites (tertiary alicyclic amines) is 2. The van der Waals surface area contributed by atoms with Crippen molar-refractivity contribution in [2.75, 3.05) is 13.1 Å². The molecule has 2 fully saturated rings. The SMILES string of the molecule is Cc1nc(-c2ccc(C(=O)N3CC4CC3CN4C(=O)C(NC(=O)c3cc4ccccc4[nH]3)C(C)(C)C)nc2)ccc1F. The Labute approximate surface area is 243 Å². The Morgan fingerprint density at radius 2 is 1.76 bits per heavy atom. The van der Waals surface area contributed by atoms with Gasteiger partial charge in [-0.05, 0) is 55.2 Å². The van der Waals surface area contributed by atoms with Gasteiger partial charge in [0.05, 0.1) is 23.5 Å². The highest BCUT2D eigenvalue weighted by molar-refractivity contribution is 6.00. The van der Waals surface area contributed by atoms with Gasteiger partial charge in [-0.25, -0.2) is 4.39 Å². The molecule has 2 aliphatic heterocycles. The molecule has 0 spiro atoms. The number of H-pyrrole nitrogens is 1. The van der Waals surface area contributed by atoms with Crippen molar-refractivity contribution in [3.8, 4) is 11.3 Å². The van der Waals surface area contributed by atoms with Crippen LogP contribution < -0.4 is 5.32 Å². The number of benzene rings is 1. The second kappa shape index (κ2) is 10.3. The second-order valence-corrected chi connectivity index (χ2v) is 12.2. The number of hydrogen-bond acceptors (Lipinski definition) is 5. The van der Waals surface area contributed by atoms with Gasteiger partial charge < -0.3 is 20.1 Å². The molecule has 2 bridgehead atoms. The Kier molecular flexibility index (Phi) is 6.79. The van der Waals surface area contributed by atoms with E-state index in [0.717, 1.165) is 10.9 Å². The highest BCUT2D eigenvalue weighted by Gasteiger charge is 2.50. The van der Waals surface area contributed by atoms with Gasteiger partial charge in [0.2, 0.25) is 5.91 Å². The molecule has 216 valence electrons. The van der Waals surface area contributed by atoms with Gasteiger partial charge in [-0.3, -0.25) is 24.4 Å². The lowest BCUT2D eigenvalue weighted by Crippen LogP contribution is -2.59. The molecule has 6 rings (SSSR count). The van der Waals surface area contributed by atoms with Crippen LogP contribution in [0.2, 0.25) is 0 Å². The van der Waals surface area contributed by atoms with Crippen molar-refractivity contribution in [3.63, 3.8) is 0 Å². The lowest BCUT2D eigenvalue weighted by molar-refractivity contribution is -0.138. The summed E-state index contributed by atoms with van der Waals surface area (Å²) >= 11 is 0. The first-order valence-corrected chi connectivity index (χ1v) is 14.1. The van der Waals surface area contributed by atoms with E-state index in [1.807, 2.05) is 49.9 Å². The number of nitrogens with one attached hydrogen (secondary N) is 2. The molecule has 3 atom stereocenters. The fourth-order valence-electron chi connectivity index (χ4n) is 5.93. The minimum absolute atomic E-state index is 0.126. The molecule has 9 nitrogen and oxygen atoms in total. The Hall–Kier alpha value is -4.60. The number of halogens is 1. The third-order valence-electron chi connectivity index (χ3n) is 8.25. The highest BCUT2D eigenvalue weighted by Crippen LogP contribution is 2.34. The molecule has 2 aliphatic rings. The number of aromatic amines is 1. The molecule has 3 aromatic heterocycles. The summed E-state index contributed by atoms with van der Waals surface area (Å²) < 4.78 is 13.6. The van der Waals surface area contributed by atoms with E-state index < -0.39 is 11.5 Å². The van der Waals surface area contributed by atoms with Crippen LogP contribution in [0.1, 0.15) is 53.9 Å². The third kappa shape index (κ3) is 5.01.